The van der Waals surface area contributed by atoms with E-state index in [1.54, 1.807) is 18.6 Å². The minimum Gasteiger partial charge on any atom is -0.467 e. The van der Waals surface area contributed by atoms with Gasteiger partial charge in [0.25, 0.3) is 5.91 Å². The number of alkyl halides is 1. The predicted octanol–water partition coefficient (Wildman–Crippen LogP) is 3.45. The highest BCUT2D eigenvalue weighted by molar-refractivity contribution is 6.27. The number of nitrogens with zero attached hydrogens (tertiary/aromatic N) is 2. The zero-order valence-corrected chi connectivity index (χ0v) is 11.9. The molecule has 21 heavy (non-hydrogen) atoms. The average Bonchev–Trinajstić information content (AvgIpc) is 3.23. The third-order valence-electron chi connectivity index (χ3n) is 3.16. The molecule has 1 aliphatic rings. The first-order valence-corrected chi connectivity index (χ1v) is 7.02. The lowest BCUT2D eigenvalue weighted by Gasteiger charge is -2.18. The van der Waals surface area contributed by atoms with Gasteiger partial charge in [0.2, 0.25) is 0 Å². The third kappa shape index (κ3) is 2.92. The number of allylic oxidation sites excluding steroid dienone is 1. The Morgan fingerprint density at radius 2 is 2.14 bits per heavy atom. The van der Waals surface area contributed by atoms with Gasteiger partial charge in [-0.1, -0.05) is 0 Å². The molecule has 1 amide bonds. The fraction of sp³-hybridized carbons (Fsp3) is 0.200. The lowest BCUT2D eigenvalue weighted by Crippen LogP contribution is -2.27. The number of halogens is 1. The second-order valence-electron chi connectivity index (χ2n) is 4.55. The summed E-state index contributed by atoms with van der Waals surface area (Å²) in [5.41, 5.74) is 0.770. The van der Waals surface area contributed by atoms with Gasteiger partial charge in [0, 0.05) is 6.42 Å². The van der Waals surface area contributed by atoms with E-state index in [0.29, 0.717) is 12.2 Å². The predicted molar refractivity (Wildman–Crippen MR) is 78.8 cm³/mol. The molecule has 3 heterocycles. The molecule has 1 aliphatic heterocycles. The van der Waals surface area contributed by atoms with E-state index in [-0.39, 0.29) is 17.8 Å². The number of hydrogen-bond donors (Lipinski definition) is 0. The molecule has 0 aromatic carbocycles. The molecule has 0 N–H and O–H groups in total. The largest absolute Gasteiger partial charge is 0.467 e. The van der Waals surface area contributed by atoms with E-state index >= 15 is 0 Å². The Labute approximate surface area is 126 Å². The maximum absolute atomic E-state index is 11.9. The van der Waals surface area contributed by atoms with Crippen molar-refractivity contribution in [3.8, 4) is 0 Å². The molecule has 0 unspecified atom stereocenters. The van der Waals surface area contributed by atoms with Gasteiger partial charge in [-0.15, -0.1) is 11.6 Å². The van der Waals surface area contributed by atoms with Gasteiger partial charge in [-0.05, 0) is 36.4 Å². The lowest BCUT2D eigenvalue weighted by atomic mass is 10.1. The normalized spacial score (nSPS) is 18.4. The Balaban J connectivity index is 1.81. The van der Waals surface area contributed by atoms with E-state index in [1.807, 2.05) is 30.4 Å². The first-order valence-electron chi connectivity index (χ1n) is 6.48. The molecule has 1 atom stereocenters. The molecule has 2 aromatic heterocycles. The van der Waals surface area contributed by atoms with Gasteiger partial charge in [0.15, 0.2) is 0 Å². The van der Waals surface area contributed by atoms with Crippen LogP contribution < -0.4 is 0 Å². The molecule has 0 radical (unpaired) electrons. The van der Waals surface area contributed by atoms with Crippen molar-refractivity contribution >= 4 is 29.3 Å². The summed E-state index contributed by atoms with van der Waals surface area (Å²) in [5.74, 6) is 1.06. The number of carbonyl (C=O) groups is 1. The van der Waals surface area contributed by atoms with Crippen LogP contribution in [0.5, 0.6) is 0 Å². The number of amides is 1. The van der Waals surface area contributed by atoms with E-state index in [1.165, 1.54) is 5.01 Å². The summed E-state index contributed by atoms with van der Waals surface area (Å²) in [7, 11) is 0. The Bertz CT molecular complexity index is 659. The fourth-order valence-corrected chi connectivity index (χ4v) is 2.31. The van der Waals surface area contributed by atoms with Crippen LogP contribution >= 0.6 is 11.6 Å². The van der Waals surface area contributed by atoms with Crippen molar-refractivity contribution in [3.05, 3.63) is 54.4 Å². The summed E-state index contributed by atoms with van der Waals surface area (Å²) in [6, 6.07) is 7.02. The van der Waals surface area contributed by atoms with Crippen molar-refractivity contribution in [2.24, 2.45) is 5.10 Å². The summed E-state index contributed by atoms with van der Waals surface area (Å²) < 4.78 is 10.6. The highest BCUT2D eigenvalue weighted by atomic mass is 35.5. The summed E-state index contributed by atoms with van der Waals surface area (Å²) in [6.45, 7) is 0. The van der Waals surface area contributed by atoms with E-state index in [4.69, 9.17) is 20.4 Å². The first-order chi connectivity index (χ1) is 10.3. The van der Waals surface area contributed by atoms with Gasteiger partial charge in [0.05, 0.1) is 18.2 Å². The Hall–Kier alpha value is -2.27. The van der Waals surface area contributed by atoms with Crippen LogP contribution in [0.4, 0.5) is 0 Å². The molecule has 108 valence electrons. The zero-order chi connectivity index (χ0) is 14.7. The van der Waals surface area contributed by atoms with Crippen LogP contribution in [0.2, 0.25) is 0 Å². The van der Waals surface area contributed by atoms with Gasteiger partial charge < -0.3 is 8.83 Å². The molecule has 5 nitrogen and oxygen atoms in total. The average molecular weight is 305 g/mol. The second kappa shape index (κ2) is 6.01. The van der Waals surface area contributed by atoms with E-state index < -0.39 is 0 Å². The Kier molecular flexibility index (Phi) is 3.92. The fourth-order valence-electron chi connectivity index (χ4n) is 2.19. The van der Waals surface area contributed by atoms with Crippen LogP contribution in [0.1, 0.15) is 24.0 Å². The third-order valence-corrected chi connectivity index (χ3v) is 3.39. The standard InChI is InChI=1S/C15H13ClN2O3/c16-10-15(19)18-13(14-4-2-8-21-14)9-11(17-18)5-6-12-3-1-7-20-12/h1-8,13H,9-10H2/b6-5+/t13-/m0/s1. The molecule has 0 fully saturated rings. The number of rotatable bonds is 4. The topological polar surface area (TPSA) is 59.0 Å². The van der Waals surface area contributed by atoms with Crippen molar-refractivity contribution in [2.45, 2.75) is 12.5 Å². The molecule has 0 saturated heterocycles. The number of carbonyl (C=O) groups excluding carboxylic acids is 1. The summed E-state index contributed by atoms with van der Waals surface area (Å²) >= 11 is 5.64. The second-order valence-corrected chi connectivity index (χ2v) is 4.81. The lowest BCUT2D eigenvalue weighted by molar-refractivity contribution is -0.130. The number of hydrogen-bond acceptors (Lipinski definition) is 4. The van der Waals surface area contributed by atoms with Crippen molar-refractivity contribution in [2.75, 3.05) is 5.88 Å². The molecule has 0 bridgehead atoms. The SMILES string of the molecule is O=C(CCl)N1N=C(/C=C/c2ccco2)C[C@H]1c1ccco1. The van der Waals surface area contributed by atoms with Crippen molar-refractivity contribution < 1.29 is 13.6 Å². The molecule has 3 rings (SSSR count). The Morgan fingerprint density at radius 3 is 2.81 bits per heavy atom. The molecule has 0 saturated carbocycles. The van der Waals surface area contributed by atoms with Crippen molar-refractivity contribution in [1.29, 1.82) is 0 Å². The highest BCUT2D eigenvalue weighted by Gasteiger charge is 2.32. The van der Waals surface area contributed by atoms with E-state index in [2.05, 4.69) is 5.10 Å². The van der Waals surface area contributed by atoms with Crippen LogP contribution in [0.25, 0.3) is 6.08 Å². The molecule has 0 spiro atoms. The van der Waals surface area contributed by atoms with Crippen molar-refractivity contribution in [3.63, 3.8) is 0 Å². The maximum atomic E-state index is 11.9. The van der Waals surface area contributed by atoms with Gasteiger partial charge in [-0.25, -0.2) is 5.01 Å². The molecule has 2 aromatic rings. The van der Waals surface area contributed by atoms with Crippen LogP contribution in [-0.4, -0.2) is 22.5 Å². The van der Waals surface area contributed by atoms with Crippen LogP contribution in [-0.2, 0) is 4.79 Å². The minimum absolute atomic E-state index is 0.115. The monoisotopic (exact) mass is 304 g/mol. The maximum Gasteiger partial charge on any atom is 0.258 e. The molecule has 6 heteroatoms. The summed E-state index contributed by atoms with van der Waals surface area (Å²) in [5, 5.41) is 5.71. The number of furan rings is 2. The van der Waals surface area contributed by atoms with Gasteiger partial charge >= 0.3 is 0 Å². The number of hydrazone groups is 1. The Morgan fingerprint density at radius 1 is 1.33 bits per heavy atom. The van der Waals surface area contributed by atoms with Crippen LogP contribution in [0.3, 0.4) is 0 Å². The minimum atomic E-state index is -0.250. The molecular weight excluding hydrogens is 292 g/mol. The summed E-state index contributed by atoms with van der Waals surface area (Å²) in [4.78, 5) is 11.9. The zero-order valence-electron chi connectivity index (χ0n) is 11.1. The quantitative estimate of drug-likeness (QED) is 0.813. The van der Waals surface area contributed by atoms with E-state index in [0.717, 1.165) is 11.5 Å². The van der Waals surface area contributed by atoms with Crippen LogP contribution in [0.15, 0.2) is 56.8 Å². The van der Waals surface area contributed by atoms with Gasteiger partial charge in [-0.3, -0.25) is 4.79 Å². The smallest absolute Gasteiger partial charge is 0.258 e. The van der Waals surface area contributed by atoms with Crippen molar-refractivity contribution in [1.82, 2.24) is 5.01 Å². The molecule has 0 aliphatic carbocycles. The van der Waals surface area contributed by atoms with Crippen LogP contribution in [0, 0.1) is 0 Å². The van der Waals surface area contributed by atoms with E-state index in [9.17, 15) is 4.79 Å². The van der Waals surface area contributed by atoms with Gasteiger partial charge in [-0.2, -0.15) is 5.10 Å². The molecular formula is C15H13ClN2O3. The highest BCUT2D eigenvalue weighted by Crippen LogP contribution is 2.31. The first kappa shape index (κ1) is 13.7. The summed E-state index contributed by atoms with van der Waals surface area (Å²) in [6.07, 6.45) is 7.40. The van der Waals surface area contributed by atoms with Gasteiger partial charge in [0.1, 0.15) is 23.4 Å².